The molecule has 0 radical (unpaired) electrons. The lowest BCUT2D eigenvalue weighted by Gasteiger charge is -2.28. The summed E-state index contributed by atoms with van der Waals surface area (Å²) in [5.74, 6) is -0.919. The van der Waals surface area contributed by atoms with E-state index in [2.05, 4.69) is 10.9 Å². The summed E-state index contributed by atoms with van der Waals surface area (Å²) in [5, 5.41) is 0.513. The Labute approximate surface area is 151 Å². The molecular weight excluding hydrogens is 346 g/mol. The average molecular weight is 368 g/mol. The number of benzene rings is 1. The molecule has 1 heterocycles. The number of amides is 3. The molecule has 1 saturated heterocycles. The lowest BCUT2D eigenvalue weighted by Crippen LogP contribution is -2.52. The number of hydrogen-bond acceptors (Lipinski definition) is 4. The summed E-state index contributed by atoms with van der Waals surface area (Å²) in [6, 6.07) is 5.60. The minimum atomic E-state index is -0.666. The first-order chi connectivity index (χ1) is 11.7. The van der Waals surface area contributed by atoms with Crippen LogP contribution in [0.5, 0.6) is 0 Å². The van der Waals surface area contributed by atoms with Gasteiger partial charge in [-0.25, -0.2) is 4.79 Å². The fourth-order valence-corrected chi connectivity index (χ4v) is 2.58. The van der Waals surface area contributed by atoms with Crippen LogP contribution in [0, 0.1) is 0 Å². The number of nitrogens with zero attached hydrogens (tertiary/aromatic N) is 1. The van der Waals surface area contributed by atoms with Crippen molar-refractivity contribution in [1.29, 1.82) is 0 Å². The molecule has 0 aromatic heterocycles. The number of nitrogens with one attached hydrogen (secondary N) is 2. The normalized spacial score (nSPS) is 17.1. The van der Waals surface area contributed by atoms with Crippen molar-refractivity contribution in [3.8, 4) is 0 Å². The first kappa shape index (κ1) is 19.1. The molecule has 7 nitrogen and oxygen atoms in total. The van der Waals surface area contributed by atoms with Gasteiger partial charge in [0.1, 0.15) is 11.6 Å². The first-order valence-electron chi connectivity index (χ1n) is 8.03. The molecule has 8 heteroatoms. The smallest absolute Gasteiger partial charge is 0.410 e. The molecule has 2 rings (SSSR count). The topological polar surface area (TPSA) is 87.7 Å². The van der Waals surface area contributed by atoms with Gasteiger partial charge in [0.05, 0.1) is 0 Å². The fourth-order valence-electron chi connectivity index (χ4n) is 2.45. The molecule has 0 aliphatic carbocycles. The zero-order chi connectivity index (χ0) is 18.6. The minimum Gasteiger partial charge on any atom is -0.444 e. The highest BCUT2D eigenvalue weighted by molar-refractivity contribution is 6.30. The Morgan fingerprint density at radius 2 is 1.80 bits per heavy atom. The van der Waals surface area contributed by atoms with Gasteiger partial charge in [-0.2, -0.15) is 0 Å². The number of halogens is 1. The van der Waals surface area contributed by atoms with Crippen molar-refractivity contribution < 1.29 is 19.1 Å². The quantitative estimate of drug-likeness (QED) is 0.786. The second-order valence-corrected chi connectivity index (χ2v) is 7.22. The summed E-state index contributed by atoms with van der Waals surface area (Å²) >= 11 is 5.77. The van der Waals surface area contributed by atoms with E-state index in [1.54, 1.807) is 45.0 Å². The zero-order valence-electron chi connectivity index (χ0n) is 14.5. The third kappa shape index (κ3) is 5.35. The molecule has 1 atom stereocenters. The molecule has 1 fully saturated rings. The SMILES string of the molecule is CC(C)(C)OC(=O)N1CCC[C@H]1C(=O)NNC(=O)c1ccc(Cl)cc1. The largest absolute Gasteiger partial charge is 0.444 e. The van der Waals surface area contributed by atoms with Gasteiger partial charge in [0.15, 0.2) is 0 Å². The number of hydrazine groups is 1. The van der Waals surface area contributed by atoms with Gasteiger partial charge < -0.3 is 4.74 Å². The van der Waals surface area contributed by atoms with Crippen LogP contribution in [0.25, 0.3) is 0 Å². The van der Waals surface area contributed by atoms with Gasteiger partial charge in [-0.15, -0.1) is 0 Å². The second kappa shape index (κ2) is 7.74. The molecule has 0 spiro atoms. The van der Waals surface area contributed by atoms with Gasteiger partial charge in [0, 0.05) is 17.1 Å². The van der Waals surface area contributed by atoms with Crippen LogP contribution in [0.15, 0.2) is 24.3 Å². The van der Waals surface area contributed by atoms with Crippen molar-refractivity contribution in [1.82, 2.24) is 15.8 Å². The average Bonchev–Trinajstić information content (AvgIpc) is 3.01. The van der Waals surface area contributed by atoms with Crippen LogP contribution in [0.4, 0.5) is 4.79 Å². The predicted molar refractivity (Wildman–Crippen MR) is 93.0 cm³/mol. The van der Waals surface area contributed by atoms with Crippen LogP contribution >= 0.6 is 11.6 Å². The van der Waals surface area contributed by atoms with Crippen molar-refractivity contribution in [3.05, 3.63) is 34.9 Å². The third-order valence-corrected chi connectivity index (χ3v) is 3.84. The number of likely N-dealkylation sites (tertiary alicyclic amines) is 1. The van der Waals surface area contributed by atoms with Crippen LogP contribution in [-0.4, -0.2) is 41.0 Å². The minimum absolute atomic E-state index is 0.361. The molecule has 1 aliphatic heterocycles. The first-order valence-corrected chi connectivity index (χ1v) is 8.40. The van der Waals surface area contributed by atoms with Crippen LogP contribution in [0.1, 0.15) is 44.0 Å². The Hall–Kier alpha value is -2.28. The number of hydrogen-bond donors (Lipinski definition) is 2. The molecular formula is C17H22ClN3O4. The molecule has 3 amide bonds. The third-order valence-electron chi connectivity index (χ3n) is 3.59. The van der Waals surface area contributed by atoms with Crippen molar-refractivity contribution in [2.24, 2.45) is 0 Å². The van der Waals surface area contributed by atoms with Gasteiger partial charge in [0.2, 0.25) is 0 Å². The zero-order valence-corrected chi connectivity index (χ0v) is 15.2. The summed E-state index contributed by atoms with van der Waals surface area (Å²) < 4.78 is 5.32. The summed E-state index contributed by atoms with van der Waals surface area (Å²) in [4.78, 5) is 37.9. The van der Waals surface area contributed by atoms with E-state index < -0.39 is 29.6 Å². The van der Waals surface area contributed by atoms with Crippen molar-refractivity contribution in [2.75, 3.05) is 6.54 Å². The van der Waals surface area contributed by atoms with Gasteiger partial charge in [-0.05, 0) is 57.9 Å². The summed E-state index contributed by atoms with van der Waals surface area (Å²) in [5.41, 5.74) is 4.43. The van der Waals surface area contributed by atoms with Crippen LogP contribution in [-0.2, 0) is 9.53 Å². The molecule has 0 bridgehead atoms. The van der Waals surface area contributed by atoms with Gasteiger partial charge >= 0.3 is 6.09 Å². The lowest BCUT2D eigenvalue weighted by molar-refractivity contribution is -0.126. The summed E-state index contributed by atoms with van der Waals surface area (Å²) in [6.45, 7) is 5.74. The number of carbonyl (C=O) groups excluding carboxylic acids is 3. The monoisotopic (exact) mass is 367 g/mol. The van der Waals surface area contributed by atoms with E-state index in [1.807, 2.05) is 0 Å². The van der Waals surface area contributed by atoms with E-state index in [-0.39, 0.29) is 0 Å². The summed E-state index contributed by atoms with van der Waals surface area (Å²) in [6.07, 6.45) is 0.679. The van der Waals surface area contributed by atoms with E-state index in [0.717, 1.165) is 0 Å². The highest BCUT2D eigenvalue weighted by Gasteiger charge is 2.36. The van der Waals surface area contributed by atoms with E-state index in [9.17, 15) is 14.4 Å². The van der Waals surface area contributed by atoms with Gasteiger partial charge in [0.25, 0.3) is 11.8 Å². The molecule has 0 saturated carbocycles. The highest BCUT2D eigenvalue weighted by Crippen LogP contribution is 2.20. The van der Waals surface area contributed by atoms with Crippen LogP contribution < -0.4 is 10.9 Å². The maximum Gasteiger partial charge on any atom is 0.410 e. The Morgan fingerprint density at radius 3 is 2.40 bits per heavy atom. The van der Waals surface area contributed by atoms with E-state index >= 15 is 0 Å². The molecule has 25 heavy (non-hydrogen) atoms. The van der Waals surface area contributed by atoms with E-state index in [0.29, 0.717) is 30.0 Å². The fraction of sp³-hybridized carbons (Fsp3) is 0.471. The number of ether oxygens (including phenoxy) is 1. The van der Waals surface area contributed by atoms with Gasteiger partial charge in [-0.3, -0.25) is 25.3 Å². The molecule has 1 aromatic carbocycles. The van der Waals surface area contributed by atoms with Crippen molar-refractivity contribution in [2.45, 2.75) is 45.3 Å². The highest BCUT2D eigenvalue weighted by atomic mass is 35.5. The Bertz CT molecular complexity index is 655. The molecule has 136 valence electrons. The number of rotatable bonds is 2. The van der Waals surface area contributed by atoms with Crippen LogP contribution in [0.3, 0.4) is 0 Å². The molecule has 1 aliphatic rings. The standard InChI is InChI=1S/C17H22ClN3O4/c1-17(2,3)25-16(24)21-10-4-5-13(21)15(23)20-19-14(22)11-6-8-12(18)9-7-11/h6-9,13H,4-5,10H2,1-3H3,(H,19,22)(H,20,23)/t13-/m0/s1. The Morgan fingerprint density at radius 1 is 1.16 bits per heavy atom. The molecule has 1 aromatic rings. The van der Waals surface area contributed by atoms with Crippen molar-refractivity contribution in [3.63, 3.8) is 0 Å². The number of carbonyl (C=O) groups is 3. The van der Waals surface area contributed by atoms with Crippen molar-refractivity contribution >= 4 is 29.5 Å². The summed E-state index contributed by atoms with van der Waals surface area (Å²) in [7, 11) is 0. The van der Waals surface area contributed by atoms with E-state index in [1.165, 1.54) is 4.90 Å². The Kier molecular flexibility index (Phi) is 5.89. The molecule has 2 N–H and O–H groups in total. The lowest BCUT2D eigenvalue weighted by atomic mass is 10.2. The predicted octanol–water partition coefficient (Wildman–Crippen LogP) is 2.50. The second-order valence-electron chi connectivity index (χ2n) is 6.78. The van der Waals surface area contributed by atoms with E-state index in [4.69, 9.17) is 16.3 Å². The maximum absolute atomic E-state index is 12.3. The van der Waals surface area contributed by atoms with Crippen LogP contribution in [0.2, 0.25) is 5.02 Å². The van der Waals surface area contributed by atoms with Gasteiger partial charge in [-0.1, -0.05) is 11.6 Å². The molecule has 0 unspecified atom stereocenters. The maximum atomic E-state index is 12.3. The Balaban J connectivity index is 1.92.